The number of allylic oxidation sites excluding steroid dienone is 1. The molecule has 2 amide bonds. The number of rotatable bonds is 11. The summed E-state index contributed by atoms with van der Waals surface area (Å²) in [7, 11) is 1.27. The standard InChI is InChI=1S/C23H31ClN4O6/c1-4-34-22(30)20-17(13-33-12-11-27-23(31)26-10-9-25)28-14(2)18(21(29)32-3)19(20)15-7-5-6-8-16(15)24/h5-8,19,28H,4,9-13,25H2,1-3H3,(H2,26,27,31). The molecule has 10 nitrogen and oxygen atoms in total. The maximum atomic E-state index is 13.1. The lowest BCUT2D eigenvalue weighted by atomic mass is 9.80. The van der Waals surface area contributed by atoms with E-state index in [-0.39, 0.29) is 43.5 Å². The van der Waals surface area contributed by atoms with E-state index < -0.39 is 17.9 Å². The highest BCUT2D eigenvalue weighted by atomic mass is 35.5. The Hall–Kier alpha value is -3.08. The Kier molecular flexibility index (Phi) is 10.9. The molecule has 0 saturated heterocycles. The van der Waals surface area contributed by atoms with E-state index in [4.69, 9.17) is 31.5 Å². The molecule has 34 heavy (non-hydrogen) atoms. The first-order chi connectivity index (χ1) is 16.3. The highest BCUT2D eigenvalue weighted by Gasteiger charge is 2.39. The molecule has 0 fully saturated rings. The number of amides is 2. The zero-order valence-corrected chi connectivity index (χ0v) is 20.3. The van der Waals surface area contributed by atoms with E-state index in [0.717, 1.165) is 0 Å². The van der Waals surface area contributed by atoms with Crippen molar-refractivity contribution in [3.8, 4) is 0 Å². The lowest BCUT2D eigenvalue weighted by Gasteiger charge is -2.31. The van der Waals surface area contributed by atoms with Gasteiger partial charge >= 0.3 is 18.0 Å². The molecule has 1 aliphatic heterocycles. The highest BCUT2D eigenvalue weighted by molar-refractivity contribution is 6.31. The molecule has 0 saturated carbocycles. The Morgan fingerprint density at radius 3 is 2.47 bits per heavy atom. The van der Waals surface area contributed by atoms with Gasteiger partial charge in [0.25, 0.3) is 0 Å². The number of nitrogens with one attached hydrogen (secondary N) is 3. The lowest BCUT2D eigenvalue weighted by Crippen LogP contribution is -2.39. The fourth-order valence-electron chi connectivity index (χ4n) is 3.52. The smallest absolute Gasteiger partial charge is 0.336 e. The van der Waals surface area contributed by atoms with Gasteiger partial charge in [0.05, 0.1) is 49.7 Å². The van der Waals surface area contributed by atoms with Gasteiger partial charge in [-0.2, -0.15) is 0 Å². The third kappa shape index (κ3) is 6.96. The number of nitrogens with two attached hydrogens (primary N) is 1. The summed E-state index contributed by atoms with van der Waals surface area (Å²) in [6.45, 7) is 4.68. The van der Waals surface area contributed by atoms with Crippen molar-refractivity contribution in [3.05, 3.63) is 57.4 Å². The Bertz CT molecular complexity index is 963. The number of halogens is 1. The van der Waals surface area contributed by atoms with Crippen LogP contribution in [0.4, 0.5) is 4.79 Å². The van der Waals surface area contributed by atoms with E-state index in [1.807, 2.05) is 0 Å². The van der Waals surface area contributed by atoms with Crippen molar-refractivity contribution in [2.75, 3.05) is 46.6 Å². The number of hydrogen-bond acceptors (Lipinski definition) is 8. The minimum absolute atomic E-state index is 0.00694. The molecule has 1 aromatic rings. The Morgan fingerprint density at radius 1 is 1.12 bits per heavy atom. The number of methoxy groups -OCH3 is 1. The summed E-state index contributed by atoms with van der Waals surface area (Å²) in [6, 6.07) is 6.61. The van der Waals surface area contributed by atoms with Gasteiger partial charge in [0, 0.05) is 30.4 Å². The number of urea groups is 1. The molecule has 0 aliphatic carbocycles. The minimum Gasteiger partial charge on any atom is -0.466 e. The van der Waals surface area contributed by atoms with Crippen molar-refractivity contribution in [3.63, 3.8) is 0 Å². The molecular formula is C23H31ClN4O6. The quantitative estimate of drug-likeness (QED) is 0.268. The SMILES string of the molecule is CCOC(=O)C1=C(COCCNC(=O)NCCN)NC(C)=C(C(=O)OC)C1c1ccccc1Cl. The molecule has 0 bridgehead atoms. The summed E-state index contributed by atoms with van der Waals surface area (Å²) in [6.07, 6.45) is 0. The van der Waals surface area contributed by atoms with Crippen molar-refractivity contribution in [2.24, 2.45) is 5.73 Å². The molecule has 0 spiro atoms. The molecule has 186 valence electrons. The molecule has 1 aromatic carbocycles. The van der Waals surface area contributed by atoms with Crippen LogP contribution in [0.2, 0.25) is 5.02 Å². The fraction of sp³-hybridized carbons (Fsp3) is 0.435. The van der Waals surface area contributed by atoms with E-state index >= 15 is 0 Å². The molecule has 5 N–H and O–H groups in total. The van der Waals surface area contributed by atoms with E-state index in [1.54, 1.807) is 38.1 Å². The van der Waals surface area contributed by atoms with Crippen LogP contribution >= 0.6 is 11.6 Å². The first-order valence-electron chi connectivity index (χ1n) is 10.9. The van der Waals surface area contributed by atoms with Gasteiger partial charge in [0.15, 0.2) is 0 Å². The van der Waals surface area contributed by atoms with E-state index in [0.29, 0.717) is 35.1 Å². The average molecular weight is 495 g/mol. The van der Waals surface area contributed by atoms with Gasteiger partial charge in [-0.15, -0.1) is 0 Å². The Balaban J connectivity index is 2.34. The summed E-state index contributed by atoms with van der Waals surface area (Å²) < 4.78 is 16.0. The zero-order chi connectivity index (χ0) is 25.1. The van der Waals surface area contributed by atoms with Crippen molar-refractivity contribution in [1.82, 2.24) is 16.0 Å². The van der Waals surface area contributed by atoms with Gasteiger partial charge < -0.3 is 35.9 Å². The molecule has 2 rings (SSSR count). The van der Waals surface area contributed by atoms with E-state index in [2.05, 4.69) is 16.0 Å². The first-order valence-corrected chi connectivity index (χ1v) is 11.2. The molecule has 1 aliphatic rings. The number of dihydropyridines is 1. The number of ether oxygens (including phenoxy) is 3. The van der Waals surface area contributed by atoms with E-state index in [1.165, 1.54) is 7.11 Å². The van der Waals surface area contributed by atoms with Gasteiger partial charge in [0.1, 0.15) is 0 Å². The molecule has 1 heterocycles. The predicted octanol–water partition coefficient (Wildman–Crippen LogP) is 1.57. The number of hydrogen-bond donors (Lipinski definition) is 4. The minimum atomic E-state index is -0.819. The Labute approximate surface area is 203 Å². The van der Waals surface area contributed by atoms with Crippen molar-refractivity contribution >= 4 is 29.6 Å². The largest absolute Gasteiger partial charge is 0.466 e. The summed E-state index contributed by atoms with van der Waals surface area (Å²) in [5.41, 5.74) is 7.30. The molecule has 1 atom stereocenters. The third-order valence-electron chi connectivity index (χ3n) is 4.97. The summed E-state index contributed by atoms with van der Waals surface area (Å²) in [5.74, 6) is -2.02. The third-order valence-corrected chi connectivity index (χ3v) is 5.31. The number of esters is 2. The normalized spacial score (nSPS) is 15.5. The second kappa shape index (κ2) is 13.6. The maximum Gasteiger partial charge on any atom is 0.336 e. The average Bonchev–Trinajstić information content (AvgIpc) is 2.82. The van der Waals surface area contributed by atoms with Gasteiger partial charge in [-0.05, 0) is 25.5 Å². The number of carbonyl (C=O) groups is 3. The summed E-state index contributed by atoms with van der Waals surface area (Å²) >= 11 is 6.47. The van der Waals surface area contributed by atoms with Crippen LogP contribution in [0.25, 0.3) is 0 Å². The lowest BCUT2D eigenvalue weighted by molar-refractivity contribution is -0.139. The Morgan fingerprint density at radius 2 is 1.82 bits per heavy atom. The topological polar surface area (TPSA) is 141 Å². The molecule has 0 radical (unpaired) electrons. The first kappa shape index (κ1) is 27.2. The van der Waals surface area contributed by atoms with Crippen molar-refractivity contribution in [1.29, 1.82) is 0 Å². The van der Waals surface area contributed by atoms with Crippen molar-refractivity contribution in [2.45, 2.75) is 19.8 Å². The van der Waals surface area contributed by atoms with Gasteiger partial charge in [-0.25, -0.2) is 14.4 Å². The second-order valence-corrected chi connectivity index (χ2v) is 7.65. The highest BCUT2D eigenvalue weighted by Crippen LogP contribution is 2.41. The van der Waals surface area contributed by atoms with Crippen LogP contribution in [0.1, 0.15) is 25.3 Å². The zero-order valence-electron chi connectivity index (χ0n) is 19.5. The van der Waals surface area contributed by atoms with Crippen LogP contribution in [-0.2, 0) is 23.8 Å². The van der Waals surface area contributed by atoms with Gasteiger partial charge in [-0.3, -0.25) is 0 Å². The monoisotopic (exact) mass is 494 g/mol. The van der Waals surface area contributed by atoms with Gasteiger partial charge in [-0.1, -0.05) is 29.8 Å². The summed E-state index contributed by atoms with van der Waals surface area (Å²) in [5, 5.41) is 8.71. The molecular weight excluding hydrogens is 464 g/mol. The molecule has 11 heteroatoms. The fourth-order valence-corrected chi connectivity index (χ4v) is 3.76. The maximum absolute atomic E-state index is 13.1. The van der Waals surface area contributed by atoms with E-state index in [9.17, 15) is 14.4 Å². The second-order valence-electron chi connectivity index (χ2n) is 7.25. The van der Waals surface area contributed by atoms with Crippen LogP contribution in [-0.4, -0.2) is 64.5 Å². The number of carbonyl (C=O) groups excluding carboxylic acids is 3. The van der Waals surface area contributed by atoms with Gasteiger partial charge in [0.2, 0.25) is 0 Å². The van der Waals surface area contributed by atoms with Crippen LogP contribution in [0.3, 0.4) is 0 Å². The van der Waals surface area contributed by atoms with Crippen LogP contribution < -0.4 is 21.7 Å². The molecule has 0 aromatic heterocycles. The molecule has 1 unspecified atom stereocenters. The van der Waals surface area contributed by atoms with Crippen molar-refractivity contribution < 1.29 is 28.6 Å². The number of benzene rings is 1. The van der Waals surface area contributed by atoms with Crippen LogP contribution in [0.15, 0.2) is 46.8 Å². The van der Waals surface area contributed by atoms with Crippen LogP contribution in [0, 0.1) is 0 Å². The van der Waals surface area contributed by atoms with Crippen LogP contribution in [0.5, 0.6) is 0 Å². The summed E-state index contributed by atoms with van der Waals surface area (Å²) in [4.78, 5) is 37.4. The predicted molar refractivity (Wildman–Crippen MR) is 127 cm³/mol.